The van der Waals surface area contributed by atoms with Crippen LogP contribution in [0.3, 0.4) is 0 Å². The lowest BCUT2D eigenvalue weighted by molar-refractivity contribution is -0.122. The number of rotatable bonds is 7. The van der Waals surface area contributed by atoms with E-state index < -0.39 is 6.43 Å². The second kappa shape index (κ2) is 6.61. The Morgan fingerprint density at radius 1 is 1.21 bits per heavy atom. The minimum Gasteiger partial charge on any atom is -0.355 e. The lowest BCUT2D eigenvalue weighted by atomic mass is 10.1. The smallest absolute Gasteiger partial charge is 0.263 e. The second-order valence-corrected chi connectivity index (χ2v) is 4.78. The number of amides is 1. The summed E-state index contributed by atoms with van der Waals surface area (Å²) in [5.41, 5.74) is 0.998. The van der Waals surface area contributed by atoms with E-state index in [1.54, 1.807) is 12.1 Å². The summed E-state index contributed by atoms with van der Waals surface area (Å²) in [6.45, 7) is 1.89. The molecule has 0 bridgehead atoms. The van der Waals surface area contributed by atoms with Crippen molar-refractivity contribution in [2.24, 2.45) is 5.92 Å². The third-order valence-corrected chi connectivity index (χ3v) is 3.11. The number of hydrogen-bond donors (Lipinski definition) is 2. The van der Waals surface area contributed by atoms with Crippen molar-refractivity contribution in [3.05, 3.63) is 35.4 Å². The number of nitrogens with one attached hydrogen (secondary N) is 2. The summed E-state index contributed by atoms with van der Waals surface area (Å²) in [6.07, 6.45) is -0.398. The maximum Gasteiger partial charge on any atom is 0.263 e. The van der Waals surface area contributed by atoms with Crippen LogP contribution >= 0.6 is 0 Å². The normalized spacial score (nSPS) is 14.7. The molecule has 0 aromatic heterocycles. The highest BCUT2D eigenvalue weighted by Gasteiger charge is 2.28. The molecule has 1 fully saturated rings. The summed E-state index contributed by atoms with van der Waals surface area (Å²) < 4.78 is 24.7. The van der Waals surface area contributed by atoms with Gasteiger partial charge in [-0.15, -0.1) is 0 Å². The predicted molar refractivity (Wildman–Crippen MR) is 68.8 cm³/mol. The van der Waals surface area contributed by atoms with Crippen LogP contribution in [0, 0.1) is 5.92 Å². The van der Waals surface area contributed by atoms with Crippen molar-refractivity contribution in [2.45, 2.75) is 25.8 Å². The second-order valence-electron chi connectivity index (χ2n) is 4.78. The van der Waals surface area contributed by atoms with Crippen molar-refractivity contribution in [3.8, 4) is 0 Å². The van der Waals surface area contributed by atoms with Gasteiger partial charge in [-0.05, 0) is 18.4 Å². The first-order valence-corrected chi connectivity index (χ1v) is 6.52. The van der Waals surface area contributed by atoms with E-state index in [9.17, 15) is 13.6 Å². The van der Waals surface area contributed by atoms with Crippen molar-refractivity contribution in [1.29, 1.82) is 0 Å². The van der Waals surface area contributed by atoms with Crippen LogP contribution in [0.2, 0.25) is 0 Å². The highest BCUT2D eigenvalue weighted by atomic mass is 19.3. The number of carbonyl (C=O) groups is 1. The van der Waals surface area contributed by atoms with Crippen molar-refractivity contribution in [3.63, 3.8) is 0 Å². The Labute approximate surface area is 111 Å². The van der Waals surface area contributed by atoms with E-state index in [-0.39, 0.29) is 17.4 Å². The van der Waals surface area contributed by atoms with Crippen LogP contribution in [0.1, 0.15) is 30.4 Å². The largest absolute Gasteiger partial charge is 0.355 e. The van der Waals surface area contributed by atoms with Gasteiger partial charge in [-0.2, -0.15) is 0 Å². The van der Waals surface area contributed by atoms with Gasteiger partial charge >= 0.3 is 0 Å². The summed E-state index contributed by atoms with van der Waals surface area (Å²) in [4.78, 5) is 11.3. The van der Waals surface area contributed by atoms with Gasteiger partial charge in [0.15, 0.2) is 0 Å². The first kappa shape index (κ1) is 13.9. The zero-order chi connectivity index (χ0) is 13.7. The molecule has 0 saturated heterocycles. The molecule has 1 aliphatic carbocycles. The first-order valence-electron chi connectivity index (χ1n) is 6.52. The standard InChI is InChI=1S/C14H18F2N2O/c15-13(16)11-3-1-10(2-4-11)9-17-7-8-18-14(19)12-5-6-12/h1-4,12-13,17H,5-9H2,(H,18,19). The SMILES string of the molecule is O=C(NCCNCc1ccc(C(F)F)cc1)C1CC1. The highest BCUT2D eigenvalue weighted by molar-refractivity contribution is 5.80. The molecule has 1 aromatic rings. The van der Waals surface area contributed by atoms with Crippen LogP contribution in [0.4, 0.5) is 8.78 Å². The van der Waals surface area contributed by atoms with Crippen LogP contribution in [0.15, 0.2) is 24.3 Å². The molecule has 1 aromatic carbocycles. The first-order chi connectivity index (χ1) is 9.16. The number of halogens is 2. The molecule has 1 amide bonds. The monoisotopic (exact) mass is 268 g/mol. The Morgan fingerprint density at radius 3 is 2.47 bits per heavy atom. The summed E-state index contributed by atoms with van der Waals surface area (Å²) in [5.74, 6) is 0.380. The van der Waals surface area contributed by atoms with E-state index in [1.165, 1.54) is 12.1 Å². The van der Waals surface area contributed by atoms with Crippen LogP contribution < -0.4 is 10.6 Å². The van der Waals surface area contributed by atoms with E-state index in [1.807, 2.05) is 0 Å². The van der Waals surface area contributed by atoms with Gasteiger partial charge in [0.25, 0.3) is 6.43 Å². The quantitative estimate of drug-likeness (QED) is 0.745. The molecule has 0 atom stereocenters. The average molecular weight is 268 g/mol. The molecule has 2 rings (SSSR count). The molecular weight excluding hydrogens is 250 g/mol. The molecule has 19 heavy (non-hydrogen) atoms. The Morgan fingerprint density at radius 2 is 1.89 bits per heavy atom. The fourth-order valence-corrected chi connectivity index (χ4v) is 1.78. The molecule has 2 N–H and O–H groups in total. The third kappa shape index (κ3) is 4.59. The van der Waals surface area contributed by atoms with E-state index in [4.69, 9.17) is 0 Å². The van der Waals surface area contributed by atoms with Gasteiger partial charge in [-0.3, -0.25) is 4.79 Å². The van der Waals surface area contributed by atoms with Crippen LogP contribution in [-0.2, 0) is 11.3 Å². The van der Waals surface area contributed by atoms with Crippen molar-refractivity contribution < 1.29 is 13.6 Å². The fourth-order valence-electron chi connectivity index (χ4n) is 1.78. The van der Waals surface area contributed by atoms with Crippen molar-refractivity contribution in [2.75, 3.05) is 13.1 Å². The van der Waals surface area contributed by atoms with E-state index >= 15 is 0 Å². The minimum absolute atomic E-state index is 0.0421. The molecule has 0 aliphatic heterocycles. The fraction of sp³-hybridized carbons (Fsp3) is 0.500. The molecule has 1 saturated carbocycles. The van der Waals surface area contributed by atoms with Gasteiger partial charge in [0.05, 0.1) is 0 Å². The molecular formula is C14H18F2N2O. The van der Waals surface area contributed by atoms with E-state index in [0.717, 1.165) is 18.4 Å². The maximum atomic E-state index is 12.3. The van der Waals surface area contributed by atoms with Gasteiger partial charge in [0, 0.05) is 31.1 Å². The van der Waals surface area contributed by atoms with Gasteiger partial charge in [-0.1, -0.05) is 24.3 Å². The number of carbonyl (C=O) groups excluding carboxylic acids is 1. The van der Waals surface area contributed by atoms with Gasteiger partial charge in [0.1, 0.15) is 0 Å². The highest BCUT2D eigenvalue weighted by Crippen LogP contribution is 2.28. The number of benzene rings is 1. The molecule has 0 radical (unpaired) electrons. The molecule has 104 valence electrons. The zero-order valence-corrected chi connectivity index (χ0v) is 10.7. The zero-order valence-electron chi connectivity index (χ0n) is 10.7. The molecule has 1 aliphatic rings. The number of alkyl halides is 2. The van der Waals surface area contributed by atoms with Crippen LogP contribution in [0.25, 0.3) is 0 Å². The number of hydrogen-bond acceptors (Lipinski definition) is 2. The van der Waals surface area contributed by atoms with Crippen molar-refractivity contribution in [1.82, 2.24) is 10.6 Å². The lowest BCUT2D eigenvalue weighted by Gasteiger charge is -2.07. The average Bonchev–Trinajstić information content (AvgIpc) is 3.23. The Balaban J connectivity index is 1.60. The Bertz CT molecular complexity index is 416. The lowest BCUT2D eigenvalue weighted by Crippen LogP contribution is -2.32. The van der Waals surface area contributed by atoms with Crippen molar-refractivity contribution >= 4 is 5.91 Å². The molecule has 3 nitrogen and oxygen atoms in total. The summed E-state index contributed by atoms with van der Waals surface area (Å²) in [6, 6.07) is 6.27. The molecule has 5 heteroatoms. The van der Waals surface area contributed by atoms with Crippen LogP contribution in [0.5, 0.6) is 0 Å². The summed E-state index contributed by atoms with van der Waals surface area (Å²) >= 11 is 0. The van der Waals surface area contributed by atoms with Gasteiger partial charge < -0.3 is 10.6 Å². The van der Waals surface area contributed by atoms with E-state index in [2.05, 4.69) is 10.6 Å². The molecule has 0 unspecified atom stereocenters. The predicted octanol–water partition coefficient (Wildman–Crippen LogP) is 2.24. The minimum atomic E-state index is -2.42. The van der Waals surface area contributed by atoms with Crippen LogP contribution in [-0.4, -0.2) is 19.0 Å². The summed E-state index contributed by atoms with van der Waals surface area (Å²) in [5, 5.41) is 6.02. The summed E-state index contributed by atoms with van der Waals surface area (Å²) in [7, 11) is 0. The third-order valence-electron chi connectivity index (χ3n) is 3.11. The Hall–Kier alpha value is -1.49. The topological polar surface area (TPSA) is 41.1 Å². The van der Waals surface area contributed by atoms with E-state index in [0.29, 0.717) is 19.6 Å². The van der Waals surface area contributed by atoms with Gasteiger partial charge in [-0.25, -0.2) is 8.78 Å². The molecule has 0 heterocycles. The maximum absolute atomic E-state index is 12.3. The Kier molecular flexibility index (Phi) is 4.85. The molecule has 0 spiro atoms. The van der Waals surface area contributed by atoms with Gasteiger partial charge in [0.2, 0.25) is 5.91 Å².